The summed E-state index contributed by atoms with van der Waals surface area (Å²) in [7, 11) is 0. The number of aryl methyl sites for hydroxylation is 1. The predicted octanol–water partition coefficient (Wildman–Crippen LogP) is 1.23. The fourth-order valence-corrected chi connectivity index (χ4v) is 2.12. The minimum Gasteiger partial charge on any atom is -0.330 e. The Morgan fingerprint density at radius 2 is 2.25 bits per heavy atom. The van der Waals surface area contributed by atoms with Crippen molar-refractivity contribution in [2.24, 2.45) is 5.73 Å². The highest BCUT2D eigenvalue weighted by Crippen LogP contribution is 2.22. The van der Waals surface area contributed by atoms with Crippen LogP contribution in [0.25, 0.3) is 5.69 Å². The molecule has 0 bridgehead atoms. The molecule has 0 fully saturated rings. The molecule has 2 rings (SSSR count). The molecule has 1 aromatic carbocycles. The minimum absolute atomic E-state index is 0.532. The topological polar surface area (TPSA) is 69.6 Å². The van der Waals surface area contributed by atoms with Gasteiger partial charge in [-0.2, -0.15) is 4.68 Å². The Bertz CT molecular complexity index is 494. The molecule has 0 saturated heterocycles. The summed E-state index contributed by atoms with van der Waals surface area (Å²) in [5, 5.41) is 11.6. The van der Waals surface area contributed by atoms with Gasteiger partial charge in [0, 0.05) is 10.9 Å². The second-order valence-corrected chi connectivity index (χ2v) is 4.35. The minimum atomic E-state index is 0.532. The van der Waals surface area contributed by atoms with E-state index < -0.39 is 0 Å². The first-order chi connectivity index (χ1) is 7.72. The van der Waals surface area contributed by atoms with Crippen LogP contribution in [0.15, 0.2) is 22.7 Å². The molecule has 0 unspecified atom stereocenters. The van der Waals surface area contributed by atoms with E-state index in [2.05, 4.69) is 31.5 Å². The van der Waals surface area contributed by atoms with E-state index in [1.165, 1.54) is 5.56 Å². The lowest BCUT2D eigenvalue weighted by molar-refractivity contribution is 0.752. The number of aromatic nitrogens is 4. The van der Waals surface area contributed by atoms with Gasteiger partial charge in [0.05, 0.1) is 5.69 Å². The summed E-state index contributed by atoms with van der Waals surface area (Å²) in [6, 6.07) is 6.03. The lowest BCUT2D eigenvalue weighted by Gasteiger charge is -2.06. The van der Waals surface area contributed by atoms with E-state index in [0.717, 1.165) is 16.0 Å². The van der Waals surface area contributed by atoms with Crippen molar-refractivity contribution in [2.45, 2.75) is 13.3 Å². The van der Waals surface area contributed by atoms with Crippen LogP contribution < -0.4 is 5.73 Å². The normalized spacial score (nSPS) is 10.7. The molecule has 0 amide bonds. The molecular weight excluding hydrogens is 270 g/mol. The Morgan fingerprint density at radius 1 is 1.44 bits per heavy atom. The highest BCUT2D eigenvalue weighted by Gasteiger charge is 2.10. The van der Waals surface area contributed by atoms with Gasteiger partial charge in [0.25, 0.3) is 0 Å². The van der Waals surface area contributed by atoms with Crippen molar-refractivity contribution in [2.75, 3.05) is 6.54 Å². The van der Waals surface area contributed by atoms with Crippen molar-refractivity contribution in [3.63, 3.8) is 0 Å². The first-order valence-electron chi connectivity index (χ1n) is 4.96. The summed E-state index contributed by atoms with van der Waals surface area (Å²) in [4.78, 5) is 0. The van der Waals surface area contributed by atoms with Crippen LogP contribution in [0.1, 0.15) is 11.4 Å². The Hall–Kier alpha value is -1.27. The monoisotopic (exact) mass is 281 g/mol. The molecule has 16 heavy (non-hydrogen) atoms. The van der Waals surface area contributed by atoms with Gasteiger partial charge < -0.3 is 5.73 Å². The zero-order valence-electron chi connectivity index (χ0n) is 8.89. The van der Waals surface area contributed by atoms with Crippen LogP contribution >= 0.6 is 15.9 Å². The maximum atomic E-state index is 5.51. The Balaban J connectivity index is 2.46. The molecule has 6 heteroatoms. The molecule has 0 atom stereocenters. The number of benzene rings is 1. The second-order valence-electron chi connectivity index (χ2n) is 3.50. The first-order valence-corrected chi connectivity index (χ1v) is 5.75. The van der Waals surface area contributed by atoms with Gasteiger partial charge in [-0.25, -0.2) is 0 Å². The maximum Gasteiger partial charge on any atom is 0.158 e. The van der Waals surface area contributed by atoms with Crippen molar-refractivity contribution in [3.8, 4) is 5.69 Å². The fraction of sp³-hybridized carbons (Fsp3) is 0.300. The predicted molar refractivity (Wildman–Crippen MR) is 64.3 cm³/mol. The number of nitrogens with zero attached hydrogens (tertiary/aromatic N) is 4. The molecule has 0 aliphatic carbocycles. The highest BCUT2D eigenvalue weighted by atomic mass is 79.9. The number of hydrogen-bond acceptors (Lipinski definition) is 4. The third kappa shape index (κ3) is 2.12. The maximum absolute atomic E-state index is 5.51. The molecule has 2 aromatic rings. The van der Waals surface area contributed by atoms with Crippen LogP contribution in [-0.4, -0.2) is 26.8 Å². The van der Waals surface area contributed by atoms with Gasteiger partial charge in [-0.1, -0.05) is 6.07 Å². The smallest absolute Gasteiger partial charge is 0.158 e. The number of hydrogen-bond donors (Lipinski definition) is 1. The third-order valence-corrected chi connectivity index (χ3v) is 2.87. The van der Waals surface area contributed by atoms with Crippen LogP contribution in [0, 0.1) is 6.92 Å². The van der Waals surface area contributed by atoms with Gasteiger partial charge in [0.15, 0.2) is 5.82 Å². The van der Waals surface area contributed by atoms with Crippen LogP contribution in [0.4, 0.5) is 0 Å². The summed E-state index contributed by atoms with van der Waals surface area (Å²) >= 11 is 3.51. The molecule has 5 nitrogen and oxygen atoms in total. The summed E-state index contributed by atoms with van der Waals surface area (Å²) < 4.78 is 2.68. The van der Waals surface area contributed by atoms with Gasteiger partial charge in [-0.3, -0.25) is 0 Å². The molecule has 0 spiro atoms. The van der Waals surface area contributed by atoms with E-state index in [1.807, 2.05) is 25.1 Å². The first kappa shape index (κ1) is 11.2. The van der Waals surface area contributed by atoms with E-state index in [-0.39, 0.29) is 0 Å². The fourth-order valence-electron chi connectivity index (χ4n) is 1.46. The molecule has 2 N–H and O–H groups in total. The lowest BCUT2D eigenvalue weighted by Crippen LogP contribution is -2.10. The van der Waals surface area contributed by atoms with Gasteiger partial charge >= 0.3 is 0 Å². The number of nitrogens with two attached hydrogens (primary N) is 1. The highest BCUT2D eigenvalue weighted by molar-refractivity contribution is 9.10. The van der Waals surface area contributed by atoms with Crippen molar-refractivity contribution >= 4 is 15.9 Å². The van der Waals surface area contributed by atoms with Crippen LogP contribution in [-0.2, 0) is 6.42 Å². The molecule has 1 aromatic heterocycles. The van der Waals surface area contributed by atoms with E-state index in [0.29, 0.717) is 13.0 Å². The molecule has 0 saturated carbocycles. The van der Waals surface area contributed by atoms with Gasteiger partial charge in [0.1, 0.15) is 0 Å². The summed E-state index contributed by atoms with van der Waals surface area (Å²) in [5.41, 5.74) is 7.62. The summed E-state index contributed by atoms with van der Waals surface area (Å²) in [5.74, 6) is 0.770. The standard InChI is InChI=1S/C10H12BrN5/c1-7-2-3-9(8(11)6-7)16-10(4-5-12)13-14-15-16/h2-3,6H,4-5,12H2,1H3. The molecule has 84 valence electrons. The van der Waals surface area contributed by atoms with E-state index in [1.54, 1.807) is 4.68 Å². The Kier molecular flexibility index (Phi) is 3.31. The van der Waals surface area contributed by atoms with Crippen LogP contribution in [0.3, 0.4) is 0 Å². The zero-order valence-corrected chi connectivity index (χ0v) is 10.5. The van der Waals surface area contributed by atoms with Gasteiger partial charge in [-0.15, -0.1) is 5.10 Å². The Morgan fingerprint density at radius 3 is 2.94 bits per heavy atom. The molecule has 0 aliphatic heterocycles. The van der Waals surface area contributed by atoms with E-state index in [4.69, 9.17) is 5.73 Å². The van der Waals surface area contributed by atoms with Crippen molar-refractivity contribution in [3.05, 3.63) is 34.1 Å². The Labute approximate surface area is 102 Å². The second kappa shape index (κ2) is 4.71. The van der Waals surface area contributed by atoms with Crippen molar-refractivity contribution in [1.29, 1.82) is 0 Å². The molecule has 1 heterocycles. The molecule has 0 aliphatic rings. The molecular formula is C10H12BrN5. The third-order valence-electron chi connectivity index (χ3n) is 2.23. The SMILES string of the molecule is Cc1ccc(-n2nnnc2CCN)c(Br)c1. The summed E-state index contributed by atoms with van der Waals surface area (Å²) in [6.45, 7) is 2.57. The quantitative estimate of drug-likeness (QED) is 0.919. The lowest BCUT2D eigenvalue weighted by atomic mass is 10.2. The largest absolute Gasteiger partial charge is 0.330 e. The number of rotatable bonds is 3. The number of halogens is 1. The van der Waals surface area contributed by atoms with Crippen molar-refractivity contribution in [1.82, 2.24) is 20.2 Å². The number of tetrazole rings is 1. The average Bonchev–Trinajstić information content (AvgIpc) is 2.67. The van der Waals surface area contributed by atoms with Crippen molar-refractivity contribution < 1.29 is 0 Å². The zero-order chi connectivity index (χ0) is 11.5. The van der Waals surface area contributed by atoms with Gasteiger partial charge in [-0.05, 0) is 57.5 Å². The molecule has 0 radical (unpaired) electrons. The summed E-state index contributed by atoms with van der Waals surface area (Å²) in [6.07, 6.45) is 0.660. The van der Waals surface area contributed by atoms with Gasteiger partial charge in [0.2, 0.25) is 0 Å². The van der Waals surface area contributed by atoms with E-state index in [9.17, 15) is 0 Å². The average molecular weight is 282 g/mol. The van der Waals surface area contributed by atoms with Crippen LogP contribution in [0.2, 0.25) is 0 Å². The van der Waals surface area contributed by atoms with Crippen LogP contribution in [0.5, 0.6) is 0 Å². The van der Waals surface area contributed by atoms with E-state index >= 15 is 0 Å².